The molecule has 2 aromatic carbocycles. The van der Waals surface area contributed by atoms with Gasteiger partial charge in [-0.2, -0.15) is 0 Å². The molecule has 2 atom stereocenters. The van der Waals surface area contributed by atoms with Crippen LogP contribution in [0.25, 0.3) is 0 Å². The van der Waals surface area contributed by atoms with Crippen molar-refractivity contribution in [1.82, 2.24) is 0 Å². The first-order valence-corrected chi connectivity index (χ1v) is 9.46. The van der Waals surface area contributed by atoms with Crippen LogP contribution < -0.4 is 15.2 Å². The van der Waals surface area contributed by atoms with Crippen LogP contribution in [0.3, 0.4) is 0 Å². The van der Waals surface area contributed by atoms with Crippen molar-refractivity contribution >= 4 is 0 Å². The molecule has 1 saturated carbocycles. The smallest absolute Gasteiger partial charge is 0.119 e. The number of aliphatic hydroxyl groups is 1. The van der Waals surface area contributed by atoms with Crippen LogP contribution in [0.4, 0.5) is 0 Å². The van der Waals surface area contributed by atoms with E-state index in [-0.39, 0.29) is 6.61 Å². The van der Waals surface area contributed by atoms with Gasteiger partial charge in [-0.1, -0.05) is 24.3 Å². The largest absolute Gasteiger partial charge is 0.494 e. The standard InChI is InChI=1S/C22H29NO3/c1-2-25-20-7-3-17(4-8-20)12-14-26-21-9-5-18(6-10-21)19-11-13-22(23,15-19)16-24/h3-10,19,24H,2,11-16,23H2,1H3/t19-,22+/m1/s1. The highest BCUT2D eigenvalue weighted by Gasteiger charge is 2.35. The lowest BCUT2D eigenvalue weighted by atomic mass is 9.94. The van der Waals surface area contributed by atoms with Gasteiger partial charge < -0.3 is 20.3 Å². The van der Waals surface area contributed by atoms with Crippen LogP contribution in [0.2, 0.25) is 0 Å². The van der Waals surface area contributed by atoms with Gasteiger partial charge in [-0.05, 0) is 67.5 Å². The fraction of sp³-hybridized carbons (Fsp3) is 0.455. The molecule has 140 valence electrons. The van der Waals surface area contributed by atoms with E-state index in [0.29, 0.717) is 19.1 Å². The van der Waals surface area contributed by atoms with Crippen molar-refractivity contribution in [3.05, 3.63) is 59.7 Å². The van der Waals surface area contributed by atoms with Gasteiger partial charge in [0.25, 0.3) is 0 Å². The van der Waals surface area contributed by atoms with Crippen molar-refractivity contribution in [2.45, 2.75) is 44.1 Å². The second kappa shape index (κ2) is 8.56. The Labute approximate surface area is 155 Å². The Morgan fingerprint density at radius 3 is 2.31 bits per heavy atom. The van der Waals surface area contributed by atoms with Gasteiger partial charge in [0.15, 0.2) is 0 Å². The first kappa shape index (κ1) is 18.7. The van der Waals surface area contributed by atoms with Crippen LogP contribution in [-0.4, -0.2) is 30.5 Å². The molecule has 4 heteroatoms. The van der Waals surface area contributed by atoms with E-state index in [1.807, 2.05) is 31.2 Å². The van der Waals surface area contributed by atoms with Crippen LogP contribution in [0, 0.1) is 0 Å². The summed E-state index contributed by atoms with van der Waals surface area (Å²) in [5, 5.41) is 9.42. The molecule has 26 heavy (non-hydrogen) atoms. The number of hydrogen-bond acceptors (Lipinski definition) is 4. The quantitative estimate of drug-likeness (QED) is 0.758. The highest BCUT2D eigenvalue weighted by atomic mass is 16.5. The molecule has 0 amide bonds. The topological polar surface area (TPSA) is 64.7 Å². The van der Waals surface area contributed by atoms with Crippen molar-refractivity contribution in [2.24, 2.45) is 5.73 Å². The predicted molar refractivity (Wildman–Crippen MR) is 104 cm³/mol. The Morgan fingerprint density at radius 2 is 1.69 bits per heavy atom. The molecule has 2 aromatic rings. The Kier molecular flexibility index (Phi) is 6.17. The van der Waals surface area contributed by atoms with E-state index in [1.54, 1.807) is 0 Å². The molecule has 1 fully saturated rings. The van der Waals surface area contributed by atoms with Crippen LogP contribution in [0.5, 0.6) is 11.5 Å². The minimum atomic E-state index is -0.405. The van der Waals surface area contributed by atoms with Gasteiger partial charge >= 0.3 is 0 Å². The summed E-state index contributed by atoms with van der Waals surface area (Å²) in [7, 11) is 0. The summed E-state index contributed by atoms with van der Waals surface area (Å²) in [4.78, 5) is 0. The SMILES string of the molecule is CCOc1ccc(CCOc2ccc([C@@H]3CC[C@@](N)(CO)C3)cc2)cc1. The van der Waals surface area contributed by atoms with Gasteiger partial charge in [-0.15, -0.1) is 0 Å². The molecule has 1 aliphatic rings. The summed E-state index contributed by atoms with van der Waals surface area (Å²) < 4.78 is 11.3. The third-order valence-electron chi connectivity index (χ3n) is 5.20. The molecule has 0 heterocycles. The second-order valence-corrected chi connectivity index (χ2v) is 7.20. The van der Waals surface area contributed by atoms with Gasteiger partial charge in [0.1, 0.15) is 11.5 Å². The van der Waals surface area contributed by atoms with Gasteiger partial charge in [0.2, 0.25) is 0 Å². The summed E-state index contributed by atoms with van der Waals surface area (Å²) in [5.41, 5.74) is 8.29. The summed E-state index contributed by atoms with van der Waals surface area (Å²) >= 11 is 0. The molecule has 1 aliphatic carbocycles. The van der Waals surface area contributed by atoms with Crippen LogP contribution in [-0.2, 0) is 6.42 Å². The Balaban J connectivity index is 1.47. The molecule has 0 aromatic heterocycles. The van der Waals surface area contributed by atoms with Crippen LogP contribution >= 0.6 is 0 Å². The zero-order valence-corrected chi connectivity index (χ0v) is 15.5. The van der Waals surface area contributed by atoms with E-state index >= 15 is 0 Å². The second-order valence-electron chi connectivity index (χ2n) is 7.20. The maximum atomic E-state index is 9.42. The molecule has 0 radical (unpaired) electrons. The van der Waals surface area contributed by atoms with Crippen molar-refractivity contribution in [3.63, 3.8) is 0 Å². The van der Waals surface area contributed by atoms with Crippen molar-refractivity contribution in [3.8, 4) is 11.5 Å². The van der Waals surface area contributed by atoms with Crippen molar-refractivity contribution in [1.29, 1.82) is 0 Å². The molecular formula is C22H29NO3. The van der Waals surface area contributed by atoms with E-state index < -0.39 is 5.54 Å². The van der Waals surface area contributed by atoms with E-state index in [4.69, 9.17) is 15.2 Å². The van der Waals surface area contributed by atoms with E-state index in [0.717, 1.165) is 37.2 Å². The average molecular weight is 355 g/mol. The highest BCUT2D eigenvalue weighted by molar-refractivity contribution is 5.31. The molecule has 0 aliphatic heterocycles. The molecule has 0 bridgehead atoms. The zero-order valence-electron chi connectivity index (χ0n) is 15.5. The lowest BCUT2D eigenvalue weighted by molar-refractivity contribution is 0.198. The minimum Gasteiger partial charge on any atom is -0.494 e. The van der Waals surface area contributed by atoms with Gasteiger partial charge in [-0.3, -0.25) is 0 Å². The van der Waals surface area contributed by atoms with Crippen molar-refractivity contribution in [2.75, 3.05) is 19.8 Å². The number of hydrogen-bond donors (Lipinski definition) is 2. The van der Waals surface area contributed by atoms with E-state index in [1.165, 1.54) is 11.1 Å². The van der Waals surface area contributed by atoms with Gasteiger partial charge in [0, 0.05) is 12.0 Å². The first-order valence-electron chi connectivity index (χ1n) is 9.46. The Hall–Kier alpha value is -2.04. The van der Waals surface area contributed by atoms with E-state index in [2.05, 4.69) is 24.3 Å². The molecule has 3 rings (SSSR count). The Bertz CT molecular complexity index is 684. The van der Waals surface area contributed by atoms with E-state index in [9.17, 15) is 5.11 Å². The summed E-state index contributed by atoms with van der Waals surface area (Å²) in [6.07, 6.45) is 3.63. The normalized spacial score (nSPS) is 22.3. The summed E-state index contributed by atoms with van der Waals surface area (Å²) in [5.74, 6) is 2.23. The molecule has 4 nitrogen and oxygen atoms in total. The first-order chi connectivity index (χ1) is 12.6. The van der Waals surface area contributed by atoms with Gasteiger partial charge in [-0.25, -0.2) is 0 Å². The van der Waals surface area contributed by atoms with Crippen LogP contribution in [0.1, 0.15) is 43.2 Å². The Morgan fingerprint density at radius 1 is 1.04 bits per heavy atom. The summed E-state index contributed by atoms with van der Waals surface area (Å²) in [6.45, 7) is 3.38. The third kappa shape index (κ3) is 4.77. The third-order valence-corrected chi connectivity index (χ3v) is 5.20. The van der Waals surface area contributed by atoms with Crippen LogP contribution in [0.15, 0.2) is 48.5 Å². The number of aliphatic hydroxyl groups excluding tert-OH is 1. The molecule has 0 unspecified atom stereocenters. The maximum absolute atomic E-state index is 9.42. The zero-order chi connectivity index (χ0) is 18.4. The monoisotopic (exact) mass is 355 g/mol. The molecule has 0 saturated heterocycles. The fourth-order valence-electron chi connectivity index (χ4n) is 3.63. The number of nitrogens with two attached hydrogens (primary N) is 1. The molecular weight excluding hydrogens is 326 g/mol. The van der Waals surface area contributed by atoms with Gasteiger partial charge in [0.05, 0.1) is 19.8 Å². The summed E-state index contributed by atoms with van der Waals surface area (Å²) in [6, 6.07) is 16.5. The minimum absolute atomic E-state index is 0.0657. The number of ether oxygens (including phenoxy) is 2. The lowest BCUT2D eigenvalue weighted by Crippen LogP contribution is -2.40. The maximum Gasteiger partial charge on any atom is 0.119 e. The molecule has 0 spiro atoms. The molecule has 3 N–H and O–H groups in total. The highest BCUT2D eigenvalue weighted by Crippen LogP contribution is 2.39. The number of rotatable bonds is 8. The fourth-order valence-corrected chi connectivity index (χ4v) is 3.63. The number of benzene rings is 2. The lowest BCUT2D eigenvalue weighted by Gasteiger charge is -2.21. The average Bonchev–Trinajstić information content (AvgIpc) is 3.07. The predicted octanol–water partition coefficient (Wildman–Crippen LogP) is 3.66. The van der Waals surface area contributed by atoms with Crippen molar-refractivity contribution < 1.29 is 14.6 Å².